The number of carbonyl (C=O) groups excluding carboxylic acids is 1. The molecule has 0 aliphatic carbocycles. The third kappa shape index (κ3) is 5.24. The van der Waals surface area contributed by atoms with E-state index in [2.05, 4.69) is 21.2 Å². The van der Waals surface area contributed by atoms with Crippen LogP contribution in [0.4, 0.5) is 0 Å². The van der Waals surface area contributed by atoms with Crippen LogP contribution in [-0.2, 0) is 11.3 Å². The lowest BCUT2D eigenvalue weighted by Gasteiger charge is -2.08. The molecule has 6 heteroatoms. The first-order chi connectivity index (χ1) is 11.5. The second kappa shape index (κ2) is 8.31. The SMILES string of the molecule is COc1ccc(CNC(=O)c2cc(Br)cc(/C=C/C(=O)O)c2)cc1. The number of rotatable bonds is 6. The number of benzene rings is 2. The van der Waals surface area contributed by atoms with Crippen molar-refractivity contribution in [2.45, 2.75) is 6.54 Å². The van der Waals surface area contributed by atoms with Crippen molar-refractivity contribution in [3.63, 3.8) is 0 Å². The molecule has 0 aliphatic heterocycles. The third-order valence-corrected chi connectivity index (χ3v) is 3.67. The predicted molar refractivity (Wildman–Crippen MR) is 95.0 cm³/mol. The Morgan fingerprint density at radius 2 is 1.92 bits per heavy atom. The van der Waals surface area contributed by atoms with E-state index in [1.54, 1.807) is 25.3 Å². The lowest BCUT2D eigenvalue weighted by atomic mass is 10.1. The first kappa shape index (κ1) is 17.7. The zero-order valence-corrected chi connectivity index (χ0v) is 14.5. The maximum absolute atomic E-state index is 12.3. The Morgan fingerprint density at radius 3 is 2.54 bits per heavy atom. The smallest absolute Gasteiger partial charge is 0.328 e. The summed E-state index contributed by atoms with van der Waals surface area (Å²) in [5.74, 6) is -0.524. The number of carboxylic acid groups (broad SMARTS) is 1. The van der Waals surface area contributed by atoms with Crippen LogP contribution in [0.2, 0.25) is 0 Å². The number of aliphatic carboxylic acids is 1. The molecule has 2 N–H and O–H groups in total. The lowest BCUT2D eigenvalue weighted by molar-refractivity contribution is -0.131. The molecule has 1 amide bonds. The summed E-state index contributed by atoms with van der Waals surface area (Å²) in [5, 5.41) is 11.5. The van der Waals surface area contributed by atoms with Crippen LogP contribution in [-0.4, -0.2) is 24.1 Å². The van der Waals surface area contributed by atoms with Gasteiger partial charge in [-0.25, -0.2) is 4.79 Å². The van der Waals surface area contributed by atoms with Crippen LogP contribution in [0.1, 0.15) is 21.5 Å². The molecule has 2 aromatic rings. The molecular formula is C18H16BrNO4. The van der Waals surface area contributed by atoms with E-state index in [0.29, 0.717) is 22.1 Å². The first-order valence-electron chi connectivity index (χ1n) is 7.10. The maximum Gasteiger partial charge on any atom is 0.328 e. The molecule has 0 aromatic heterocycles. The van der Waals surface area contributed by atoms with Crippen molar-refractivity contribution in [1.82, 2.24) is 5.32 Å². The molecule has 124 valence electrons. The standard InChI is InChI=1S/C18H16BrNO4/c1-24-16-5-2-12(3-6-16)11-20-18(23)14-8-13(4-7-17(21)22)9-15(19)10-14/h2-10H,11H2,1H3,(H,20,23)(H,21,22)/b7-4+. The number of carbonyl (C=O) groups is 2. The molecule has 2 rings (SSSR count). The Morgan fingerprint density at radius 1 is 1.21 bits per heavy atom. The van der Waals surface area contributed by atoms with Crippen molar-refractivity contribution in [3.05, 3.63) is 69.7 Å². The van der Waals surface area contributed by atoms with Crippen molar-refractivity contribution in [3.8, 4) is 5.75 Å². The van der Waals surface area contributed by atoms with Crippen LogP contribution >= 0.6 is 15.9 Å². The Hall–Kier alpha value is -2.60. The molecule has 0 saturated heterocycles. The number of nitrogens with one attached hydrogen (secondary N) is 1. The Labute approximate surface area is 148 Å². The molecule has 0 bridgehead atoms. The van der Waals surface area contributed by atoms with Crippen molar-refractivity contribution in [2.75, 3.05) is 7.11 Å². The molecule has 24 heavy (non-hydrogen) atoms. The largest absolute Gasteiger partial charge is 0.497 e. The fourth-order valence-corrected chi connectivity index (χ4v) is 2.55. The van der Waals surface area contributed by atoms with Crippen molar-refractivity contribution >= 4 is 33.9 Å². The average Bonchev–Trinajstić information content (AvgIpc) is 2.57. The Balaban J connectivity index is 2.07. The quantitative estimate of drug-likeness (QED) is 0.741. The van der Waals surface area contributed by atoms with Gasteiger partial charge in [0.2, 0.25) is 0 Å². The summed E-state index contributed by atoms with van der Waals surface area (Å²) in [5.41, 5.74) is 2.02. The molecule has 0 unspecified atom stereocenters. The molecule has 0 saturated carbocycles. The minimum Gasteiger partial charge on any atom is -0.497 e. The summed E-state index contributed by atoms with van der Waals surface area (Å²) >= 11 is 3.33. The minimum atomic E-state index is -1.04. The number of halogens is 1. The molecule has 0 spiro atoms. The summed E-state index contributed by atoms with van der Waals surface area (Å²) in [4.78, 5) is 22.9. The van der Waals surface area contributed by atoms with E-state index in [0.717, 1.165) is 17.4 Å². The zero-order valence-electron chi connectivity index (χ0n) is 13.0. The molecule has 0 aliphatic rings. The zero-order chi connectivity index (χ0) is 17.5. The second-order valence-corrected chi connectivity index (χ2v) is 5.89. The van der Waals surface area contributed by atoms with Gasteiger partial charge in [0.15, 0.2) is 0 Å². The Bertz CT molecular complexity index is 769. The highest BCUT2D eigenvalue weighted by Gasteiger charge is 2.08. The third-order valence-electron chi connectivity index (χ3n) is 3.21. The highest BCUT2D eigenvalue weighted by molar-refractivity contribution is 9.10. The van der Waals surface area contributed by atoms with Crippen molar-refractivity contribution in [2.24, 2.45) is 0 Å². The van der Waals surface area contributed by atoms with E-state index < -0.39 is 5.97 Å². The minimum absolute atomic E-state index is 0.239. The fourth-order valence-electron chi connectivity index (χ4n) is 2.03. The van der Waals surface area contributed by atoms with E-state index in [1.165, 1.54) is 6.08 Å². The molecule has 2 aromatic carbocycles. The summed E-state index contributed by atoms with van der Waals surface area (Å²) in [6.45, 7) is 0.385. The van der Waals surface area contributed by atoms with Gasteiger partial charge < -0.3 is 15.2 Å². The summed E-state index contributed by atoms with van der Waals surface area (Å²) < 4.78 is 5.79. The van der Waals surface area contributed by atoms with Gasteiger partial charge >= 0.3 is 5.97 Å². The predicted octanol–water partition coefficient (Wildman–Crippen LogP) is 3.49. The number of hydrogen-bond acceptors (Lipinski definition) is 3. The van der Waals surface area contributed by atoms with Gasteiger partial charge in [0.25, 0.3) is 5.91 Å². The van der Waals surface area contributed by atoms with Crippen LogP contribution < -0.4 is 10.1 Å². The molecule has 0 radical (unpaired) electrons. The molecule has 0 heterocycles. The van der Waals surface area contributed by atoms with Gasteiger partial charge in [-0.15, -0.1) is 0 Å². The topological polar surface area (TPSA) is 75.6 Å². The van der Waals surface area contributed by atoms with Gasteiger partial charge in [-0.2, -0.15) is 0 Å². The van der Waals surface area contributed by atoms with Crippen LogP contribution in [0.25, 0.3) is 6.08 Å². The monoisotopic (exact) mass is 389 g/mol. The van der Waals surface area contributed by atoms with Gasteiger partial charge in [-0.05, 0) is 47.5 Å². The summed E-state index contributed by atoms with van der Waals surface area (Å²) in [6, 6.07) is 12.5. The van der Waals surface area contributed by atoms with E-state index in [4.69, 9.17) is 9.84 Å². The van der Waals surface area contributed by atoms with Crippen LogP contribution in [0.3, 0.4) is 0 Å². The average molecular weight is 390 g/mol. The molecule has 0 atom stereocenters. The lowest BCUT2D eigenvalue weighted by Crippen LogP contribution is -2.22. The van der Waals surface area contributed by atoms with Gasteiger partial charge in [0.1, 0.15) is 5.75 Å². The highest BCUT2D eigenvalue weighted by Crippen LogP contribution is 2.17. The highest BCUT2D eigenvalue weighted by atomic mass is 79.9. The van der Waals surface area contributed by atoms with E-state index >= 15 is 0 Å². The number of amides is 1. The van der Waals surface area contributed by atoms with E-state index in [1.807, 2.05) is 24.3 Å². The normalized spacial score (nSPS) is 10.6. The number of carboxylic acids is 1. The summed E-state index contributed by atoms with van der Waals surface area (Å²) in [7, 11) is 1.60. The second-order valence-electron chi connectivity index (χ2n) is 4.98. The van der Waals surface area contributed by atoms with Gasteiger partial charge in [-0.3, -0.25) is 4.79 Å². The van der Waals surface area contributed by atoms with Crippen LogP contribution in [0.15, 0.2) is 53.0 Å². The van der Waals surface area contributed by atoms with E-state index in [9.17, 15) is 9.59 Å². The Kier molecular flexibility index (Phi) is 6.14. The van der Waals surface area contributed by atoms with Gasteiger partial charge in [0, 0.05) is 22.7 Å². The van der Waals surface area contributed by atoms with Crippen molar-refractivity contribution in [1.29, 1.82) is 0 Å². The summed E-state index contributed by atoms with van der Waals surface area (Å²) in [6.07, 6.45) is 2.47. The first-order valence-corrected chi connectivity index (χ1v) is 7.90. The molecular weight excluding hydrogens is 374 g/mol. The number of ether oxygens (including phenoxy) is 1. The van der Waals surface area contributed by atoms with Gasteiger partial charge in [-0.1, -0.05) is 28.1 Å². The van der Waals surface area contributed by atoms with Crippen LogP contribution in [0.5, 0.6) is 5.75 Å². The van der Waals surface area contributed by atoms with E-state index in [-0.39, 0.29) is 5.91 Å². The number of hydrogen-bond donors (Lipinski definition) is 2. The number of methoxy groups -OCH3 is 1. The van der Waals surface area contributed by atoms with Gasteiger partial charge in [0.05, 0.1) is 7.11 Å². The molecule has 0 fully saturated rings. The van der Waals surface area contributed by atoms with Crippen molar-refractivity contribution < 1.29 is 19.4 Å². The van der Waals surface area contributed by atoms with Crippen LogP contribution in [0, 0.1) is 0 Å². The molecule has 5 nitrogen and oxygen atoms in total. The fraction of sp³-hybridized carbons (Fsp3) is 0.111. The maximum atomic E-state index is 12.3.